The summed E-state index contributed by atoms with van der Waals surface area (Å²) in [6.07, 6.45) is 0. The number of rotatable bonds is 11. The molecular weight excluding hydrogens is 1660 g/mol. The molecule has 133 heavy (non-hydrogen) atoms. The molecule has 0 saturated carbocycles. The van der Waals surface area contributed by atoms with Crippen molar-refractivity contribution in [3.8, 4) is 89.0 Å². The minimum Gasteiger partial charge on any atom is -0.355 e. The van der Waals surface area contributed by atoms with Crippen LogP contribution in [0.2, 0.25) is 0 Å². The summed E-state index contributed by atoms with van der Waals surface area (Å²) in [4.78, 5) is 7.69. The summed E-state index contributed by atoms with van der Waals surface area (Å²) in [5, 5.41) is 13.6. The number of anilines is 6. The fourth-order valence-electron chi connectivity index (χ4n) is 21.8. The molecule has 21 aromatic rings. The van der Waals surface area contributed by atoms with Gasteiger partial charge in [-0.3, -0.25) is 0 Å². The summed E-state index contributed by atoms with van der Waals surface area (Å²) in [6, 6.07) is 167. The lowest BCUT2D eigenvalue weighted by Crippen LogP contribution is -2.32. The van der Waals surface area contributed by atoms with E-state index in [9.17, 15) is 0 Å². The Morgan fingerprint density at radius 1 is 0.165 bits per heavy atom. The number of nitrogens with one attached hydrogen (secondary N) is 3. The quantitative estimate of drug-likeness (QED) is 0.120. The van der Waals surface area contributed by atoms with Crippen molar-refractivity contribution in [2.24, 2.45) is 0 Å². The number of benzene rings is 21. The van der Waals surface area contributed by atoms with E-state index in [1.54, 1.807) is 0 Å². The van der Waals surface area contributed by atoms with Crippen molar-refractivity contribution in [2.45, 2.75) is 45.6 Å². The van der Waals surface area contributed by atoms with Crippen molar-refractivity contribution in [2.75, 3.05) is 16.0 Å². The molecule has 0 radical (unpaired) electrons. The molecule has 3 heterocycles. The zero-order valence-electron chi connectivity index (χ0n) is 77.2. The van der Waals surface area contributed by atoms with E-state index in [4.69, 9.17) is 6.85 Å². The van der Waals surface area contributed by atoms with Gasteiger partial charge in [-0.15, -0.1) is 0 Å². The van der Waals surface area contributed by atoms with Crippen LogP contribution < -0.4 is 16.0 Å². The Balaban J connectivity index is 0.000000111. The Morgan fingerprint density at radius 3 is 0.910 bits per heavy atom. The van der Waals surface area contributed by atoms with E-state index in [0.717, 1.165) is 45.3 Å². The third-order valence-electron chi connectivity index (χ3n) is 27.5. The van der Waals surface area contributed by atoms with Crippen molar-refractivity contribution in [3.63, 3.8) is 0 Å². The summed E-state index contributed by atoms with van der Waals surface area (Å²) in [6.45, 7) is 0. The standard InChI is InChI=1S/C47H31NS.C43H29NS.C37H25NS/c1-3-13-31(14-4-1)33-23-26-42-45(29-33)49-46-30-34(48-44-28-25-35(32-15-5-2-6-16-32)36-17-7-8-20-39(36)44)24-27-43(46)47(42)40-21-11-9-18-37(40)38-19-10-12-22-41(38)47;1-2-10-29(11-3-1)30-18-20-31(21-19-30)32-22-24-33(25-23-32)44-34-26-27-40-42(28-34)45-41-17-9-8-16-39(41)43(40)37-14-6-4-12-35(37)36-13-5-7-15-38(36)43;1-2-11-25(12-3-1)26-13-10-14-27(23-26)38-28-21-22-34-36(24-28)39-35-20-9-8-19-33(35)37(34)31-17-6-4-15-29(31)30-16-5-7-18-32(30)37/h1-30,48H;1-28,44H;1-24,38H/i;1D,2D,3D,10D,11D;. The third-order valence-corrected chi connectivity index (χ3v) is 30.9. The summed E-state index contributed by atoms with van der Waals surface area (Å²) < 4.78 is 40.5. The molecule has 3 aliphatic carbocycles. The van der Waals surface area contributed by atoms with Gasteiger partial charge in [0.25, 0.3) is 0 Å². The van der Waals surface area contributed by atoms with Gasteiger partial charge in [-0.2, -0.15) is 0 Å². The molecule has 3 aliphatic heterocycles. The summed E-state index contributed by atoms with van der Waals surface area (Å²) in [5.74, 6) is 0. The molecule has 3 nitrogen and oxygen atoms in total. The Hall–Kier alpha value is -15.7. The van der Waals surface area contributed by atoms with Gasteiger partial charge in [0.05, 0.1) is 23.1 Å². The molecule has 0 amide bonds. The second-order valence-corrected chi connectivity index (χ2v) is 37.8. The third kappa shape index (κ3) is 13.3. The molecule has 0 saturated heterocycles. The first-order valence-corrected chi connectivity index (χ1v) is 47.7. The Kier molecular flexibility index (Phi) is 18.4. The topological polar surface area (TPSA) is 36.1 Å². The maximum atomic E-state index is 8.31. The van der Waals surface area contributed by atoms with Crippen LogP contribution in [0.5, 0.6) is 0 Å². The molecule has 0 unspecified atom stereocenters. The SMILES string of the molecule is [2H]c1c([2H])c([2H])c(-c2ccc(-c3ccc(Nc4ccc5c(c4)Sc4ccccc4C54c5ccccc5-c5ccccc54)cc3)cc2)c([2H])c1[2H].c1ccc(-c2ccc3c(c2)Sc2cc(Nc4ccc(-c5ccccc5)c5ccccc45)ccc2C32c3ccccc3-c3ccccc32)cc1.c1ccc(-c2cccc(Nc3ccc4c(c3)Sc3ccccc3C43c4ccccc4-c4ccccc43)c2)cc1. The van der Waals surface area contributed by atoms with Crippen LogP contribution in [-0.4, -0.2) is 0 Å². The monoisotopic (exact) mass is 1750 g/mol. The molecule has 21 aromatic carbocycles. The highest BCUT2D eigenvalue weighted by Crippen LogP contribution is 2.67. The maximum Gasteiger partial charge on any atom is 0.0735 e. The highest BCUT2D eigenvalue weighted by atomic mass is 32.2. The normalized spacial score (nSPS) is 14.0. The molecule has 0 fully saturated rings. The average Bonchev–Trinajstić information content (AvgIpc) is 1.52. The molecule has 6 aliphatic rings. The van der Waals surface area contributed by atoms with Crippen LogP contribution in [0, 0.1) is 0 Å². The van der Waals surface area contributed by atoms with Gasteiger partial charge in [-0.1, -0.05) is 448 Å². The van der Waals surface area contributed by atoms with Gasteiger partial charge in [-0.05, 0) is 246 Å². The molecule has 6 heteroatoms. The Bertz CT molecular complexity index is 8310. The summed E-state index contributed by atoms with van der Waals surface area (Å²) in [5.41, 5.74) is 39.5. The van der Waals surface area contributed by atoms with Gasteiger partial charge in [0.1, 0.15) is 0 Å². The largest absolute Gasteiger partial charge is 0.355 e. The maximum absolute atomic E-state index is 8.31. The van der Waals surface area contributed by atoms with Gasteiger partial charge in [0.2, 0.25) is 0 Å². The second-order valence-electron chi connectivity index (χ2n) is 34.6. The van der Waals surface area contributed by atoms with Crippen LogP contribution >= 0.6 is 35.3 Å². The molecule has 0 aromatic heterocycles. The average molecular weight is 1750 g/mol. The van der Waals surface area contributed by atoms with Crippen LogP contribution in [-0.2, 0) is 16.2 Å². The van der Waals surface area contributed by atoms with E-state index >= 15 is 0 Å². The lowest BCUT2D eigenvalue weighted by Gasteiger charge is -2.40. The van der Waals surface area contributed by atoms with E-state index in [1.165, 1.54) is 174 Å². The number of hydrogen-bond acceptors (Lipinski definition) is 6. The van der Waals surface area contributed by atoms with Crippen molar-refractivity contribution < 1.29 is 6.85 Å². The predicted octanol–water partition coefficient (Wildman–Crippen LogP) is 34.3. The van der Waals surface area contributed by atoms with Gasteiger partial charge in [0, 0.05) is 68.9 Å². The highest BCUT2D eigenvalue weighted by molar-refractivity contribution is 8.00. The molecule has 0 bridgehead atoms. The zero-order chi connectivity index (χ0) is 92.3. The van der Waals surface area contributed by atoms with Crippen LogP contribution in [0.15, 0.2) is 527 Å². The second kappa shape index (κ2) is 33.1. The van der Waals surface area contributed by atoms with E-state index < -0.39 is 5.41 Å². The number of fused-ring (bicyclic) bond motifs is 28. The first-order chi connectivity index (χ1) is 68.0. The number of hydrogen-bond donors (Lipinski definition) is 3. The van der Waals surface area contributed by atoms with E-state index in [1.807, 2.05) is 59.6 Å². The zero-order valence-corrected chi connectivity index (χ0v) is 74.6. The van der Waals surface area contributed by atoms with Crippen LogP contribution in [0.25, 0.3) is 99.8 Å². The summed E-state index contributed by atoms with van der Waals surface area (Å²) >= 11 is 5.59. The molecule has 626 valence electrons. The predicted molar refractivity (Wildman–Crippen MR) is 557 cm³/mol. The van der Waals surface area contributed by atoms with Gasteiger partial charge >= 0.3 is 0 Å². The van der Waals surface area contributed by atoms with E-state index in [0.29, 0.717) is 5.56 Å². The van der Waals surface area contributed by atoms with Gasteiger partial charge in [-0.25, -0.2) is 0 Å². The van der Waals surface area contributed by atoms with E-state index in [-0.39, 0.29) is 46.6 Å². The smallest absolute Gasteiger partial charge is 0.0735 e. The van der Waals surface area contributed by atoms with Crippen molar-refractivity contribution in [1.29, 1.82) is 0 Å². The minimum atomic E-state index is -0.402. The van der Waals surface area contributed by atoms with Crippen LogP contribution in [0.4, 0.5) is 34.1 Å². The Morgan fingerprint density at radius 2 is 0.459 bits per heavy atom. The Labute approximate surface area is 795 Å². The van der Waals surface area contributed by atoms with E-state index in [2.05, 4.69) is 459 Å². The molecule has 0 atom stereocenters. The van der Waals surface area contributed by atoms with Crippen molar-refractivity contribution >= 4 is 80.2 Å². The highest BCUT2D eigenvalue weighted by Gasteiger charge is 2.53. The first-order valence-electron chi connectivity index (χ1n) is 47.7. The van der Waals surface area contributed by atoms with Crippen LogP contribution in [0.3, 0.4) is 0 Å². The minimum absolute atomic E-state index is 0.197. The van der Waals surface area contributed by atoms with Crippen molar-refractivity contribution in [3.05, 3.63) is 564 Å². The first kappa shape index (κ1) is 74.2. The lowest BCUT2D eigenvalue weighted by atomic mass is 9.67. The molecular formula is C127H85N3S3. The lowest BCUT2D eigenvalue weighted by molar-refractivity contribution is 0.722. The fraction of sp³-hybridized carbons (Fsp3) is 0.0236. The van der Waals surface area contributed by atoms with Gasteiger partial charge < -0.3 is 16.0 Å². The molecule has 3 spiro atoms. The van der Waals surface area contributed by atoms with Gasteiger partial charge in [0.15, 0.2) is 0 Å². The fourth-order valence-corrected chi connectivity index (χ4v) is 25.6. The molecule has 27 rings (SSSR count). The van der Waals surface area contributed by atoms with Crippen LogP contribution in [0.1, 0.15) is 73.6 Å². The van der Waals surface area contributed by atoms with Crippen molar-refractivity contribution in [1.82, 2.24) is 0 Å². The molecule has 3 N–H and O–H groups in total. The summed E-state index contributed by atoms with van der Waals surface area (Å²) in [7, 11) is 0.